The Balaban J connectivity index is 4.23. The Kier molecular flexibility index (Phi) is 9.18. The average molecular weight is 231 g/mol. The highest BCUT2D eigenvalue weighted by molar-refractivity contribution is 5.77. The Labute approximate surface area is 98.4 Å². The van der Waals surface area contributed by atoms with Crippen molar-refractivity contribution in [3.05, 3.63) is 0 Å². The van der Waals surface area contributed by atoms with E-state index in [1.807, 2.05) is 0 Å². The molecule has 0 aliphatic heterocycles. The Morgan fingerprint density at radius 3 is 2.06 bits per heavy atom. The number of nitrogens with zero attached hydrogens (tertiary/aromatic N) is 1. The van der Waals surface area contributed by atoms with Gasteiger partial charge in [0.1, 0.15) is 0 Å². The number of nitrogens with two attached hydrogens (primary N) is 1. The van der Waals surface area contributed by atoms with E-state index in [1.165, 1.54) is 0 Å². The molecule has 0 fully saturated rings. The molecule has 5 heteroatoms. The fourth-order valence-electron chi connectivity index (χ4n) is 1.68. The van der Waals surface area contributed by atoms with Gasteiger partial charge in [0.15, 0.2) is 0 Å². The van der Waals surface area contributed by atoms with Crippen LogP contribution in [0.4, 0.5) is 0 Å². The molecule has 0 saturated heterocycles. The molecule has 0 spiro atoms. The molecule has 16 heavy (non-hydrogen) atoms. The second-order valence-corrected chi connectivity index (χ2v) is 3.81. The number of nitrogens with one attached hydrogen (secondary N) is 1. The first-order valence-electron chi connectivity index (χ1n) is 5.70. The quantitative estimate of drug-likeness (QED) is 0.428. The SMILES string of the molecule is CCC(CC(=N)N)N(CCOC)CCOC. The molecule has 0 radical (unpaired) electrons. The molecule has 0 aromatic carbocycles. The minimum Gasteiger partial charge on any atom is -0.388 e. The smallest absolute Gasteiger partial charge is 0.0921 e. The van der Waals surface area contributed by atoms with Crippen LogP contribution in [0.3, 0.4) is 0 Å². The van der Waals surface area contributed by atoms with Gasteiger partial charge in [0.2, 0.25) is 0 Å². The van der Waals surface area contributed by atoms with E-state index in [4.69, 9.17) is 20.6 Å². The number of hydrogen-bond donors (Lipinski definition) is 2. The molecule has 0 heterocycles. The molecular weight excluding hydrogens is 206 g/mol. The van der Waals surface area contributed by atoms with Crippen molar-refractivity contribution in [1.82, 2.24) is 4.90 Å². The third kappa shape index (κ3) is 6.76. The van der Waals surface area contributed by atoms with Gasteiger partial charge in [-0.3, -0.25) is 10.3 Å². The fraction of sp³-hybridized carbons (Fsp3) is 0.909. The molecule has 0 aromatic heterocycles. The van der Waals surface area contributed by atoms with E-state index in [0.29, 0.717) is 25.7 Å². The molecule has 96 valence electrons. The third-order valence-corrected chi connectivity index (χ3v) is 2.61. The summed E-state index contributed by atoms with van der Waals surface area (Å²) in [4.78, 5) is 2.27. The highest BCUT2D eigenvalue weighted by Gasteiger charge is 2.17. The van der Waals surface area contributed by atoms with Crippen molar-refractivity contribution in [3.63, 3.8) is 0 Å². The molecule has 0 rings (SSSR count). The lowest BCUT2D eigenvalue weighted by Gasteiger charge is -2.30. The summed E-state index contributed by atoms with van der Waals surface area (Å²) in [5, 5.41) is 7.36. The molecule has 1 unspecified atom stereocenters. The fourth-order valence-corrected chi connectivity index (χ4v) is 1.68. The second-order valence-electron chi connectivity index (χ2n) is 3.81. The van der Waals surface area contributed by atoms with Gasteiger partial charge in [0, 0.05) is 39.8 Å². The predicted octanol–water partition coefficient (Wildman–Crippen LogP) is 0.686. The van der Waals surface area contributed by atoms with E-state index in [0.717, 1.165) is 19.5 Å². The van der Waals surface area contributed by atoms with Crippen LogP contribution in [0.2, 0.25) is 0 Å². The zero-order valence-electron chi connectivity index (χ0n) is 10.7. The zero-order chi connectivity index (χ0) is 12.4. The maximum Gasteiger partial charge on any atom is 0.0921 e. The van der Waals surface area contributed by atoms with Crippen LogP contribution in [-0.4, -0.2) is 57.3 Å². The molecule has 0 aliphatic rings. The summed E-state index contributed by atoms with van der Waals surface area (Å²) in [7, 11) is 3.39. The van der Waals surface area contributed by atoms with Crippen LogP contribution < -0.4 is 5.73 Å². The average Bonchev–Trinajstić information content (AvgIpc) is 2.26. The van der Waals surface area contributed by atoms with Gasteiger partial charge in [-0.25, -0.2) is 0 Å². The molecular formula is C11H25N3O2. The van der Waals surface area contributed by atoms with Crippen molar-refractivity contribution in [2.24, 2.45) is 5.73 Å². The normalized spacial score (nSPS) is 13.0. The van der Waals surface area contributed by atoms with Crippen molar-refractivity contribution in [1.29, 1.82) is 5.41 Å². The van der Waals surface area contributed by atoms with Gasteiger partial charge in [-0.2, -0.15) is 0 Å². The van der Waals surface area contributed by atoms with E-state index >= 15 is 0 Å². The molecule has 0 amide bonds. The summed E-state index contributed by atoms with van der Waals surface area (Å²) in [6.07, 6.45) is 1.59. The lowest BCUT2D eigenvalue weighted by molar-refractivity contribution is 0.0874. The lowest BCUT2D eigenvalue weighted by atomic mass is 10.1. The van der Waals surface area contributed by atoms with Gasteiger partial charge < -0.3 is 15.2 Å². The first-order valence-corrected chi connectivity index (χ1v) is 5.70. The van der Waals surface area contributed by atoms with Gasteiger partial charge in [0.25, 0.3) is 0 Å². The summed E-state index contributed by atoms with van der Waals surface area (Å²) < 4.78 is 10.2. The lowest BCUT2D eigenvalue weighted by Crippen LogP contribution is -2.41. The summed E-state index contributed by atoms with van der Waals surface area (Å²) in [6, 6.07) is 0.308. The predicted molar refractivity (Wildman–Crippen MR) is 65.9 cm³/mol. The molecule has 0 bridgehead atoms. The Morgan fingerprint density at radius 2 is 1.75 bits per heavy atom. The van der Waals surface area contributed by atoms with Gasteiger partial charge in [-0.05, 0) is 6.42 Å². The van der Waals surface area contributed by atoms with Crippen LogP contribution in [0, 0.1) is 5.41 Å². The number of hydrogen-bond acceptors (Lipinski definition) is 4. The maximum absolute atomic E-state index is 7.36. The number of ether oxygens (including phenoxy) is 2. The van der Waals surface area contributed by atoms with Crippen molar-refractivity contribution >= 4 is 5.84 Å². The van der Waals surface area contributed by atoms with Crippen molar-refractivity contribution in [3.8, 4) is 0 Å². The minimum absolute atomic E-state index is 0.242. The molecule has 1 atom stereocenters. The number of methoxy groups -OCH3 is 2. The van der Waals surface area contributed by atoms with E-state index in [-0.39, 0.29) is 5.84 Å². The summed E-state index contributed by atoms with van der Waals surface area (Å²) in [6.45, 7) is 5.20. The first kappa shape index (κ1) is 15.3. The van der Waals surface area contributed by atoms with E-state index < -0.39 is 0 Å². The third-order valence-electron chi connectivity index (χ3n) is 2.61. The molecule has 0 aliphatic carbocycles. The number of rotatable bonds is 10. The van der Waals surface area contributed by atoms with Crippen molar-refractivity contribution in [2.45, 2.75) is 25.8 Å². The van der Waals surface area contributed by atoms with E-state index in [9.17, 15) is 0 Å². The molecule has 3 N–H and O–H groups in total. The van der Waals surface area contributed by atoms with Gasteiger partial charge >= 0.3 is 0 Å². The Bertz CT molecular complexity index is 180. The van der Waals surface area contributed by atoms with Crippen LogP contribution in [-0.2, 0) is 9.47 Å². The summed E-state index contributed by atoms with van der Waals surface area (Å²) in [5.41, 5.74) is 5.46. The Morgan fingerprint density at radius 1 is 1.25 bits per heavy atom. The second kappa shape index (κ2) is 9.57. The van der Waals surface area contributed by atoms with Crippen LogP contribution in [0.5, 0.6) is 0 Å². The maximum atomic E-state index is 7.36. The highest BCUT2D eigenvalue weighted by atomic mass is 16.5. The van der Waals surface area contributed by atoms with Crippen molar-refractivity contribution < 1.29 is 9.47 Å². The van der Waals surface area contributed by atoms with Crippen molar-refractivity contribution in [2.75, 3.05) is 40.5 Å². The number of amidine groups is 1. The van der Waals surface area contributed by atoms with Gasteiger partial charge in [-0.1, -0.05) is 6.92 Å². The largest absolute Gasteiger partial charge is 0.388 e. The van der Waals surface area contributed by atoms with Gasteiger partial charge in [0.05, 0.1) is 19.0 Å². The summed E-state index contributed by atoms with van der Waals surface area (Å²) in [5.74, 6) is 0.242. The minimum atomic E-state index is 0.242. The monoisotopic (exact) mass is 231 g/mol. The standard InChI is InChI=1S/C11H25N3O2/c1-4-10(9-11(12)13)14(5-7-15-2)6-8-16-3/h10H,4-9H2,1-3H3,(H3,12,13). The van der Waals surface area contributed by atoms with Crippen LogP contribution >= 0.6 is 0 Å². The summed E-state index contributed by atoms with van der Waals surface area (Å²) >= 11 is 0. The molecule has 0 aromatic rings. The van der Waals surface area contributed by atoms with Crippen LogP contribution in [0.15, 0.2) is 0 Å². The van der Waals surface area contributed by atoms with Crippen LogP contribution in [0.25, 0.3) is 0 Å². The van der Waals surface area contributed by atoms with Crippen LogP contribution in [0.1, 0.15) is 19.8 Å². The Hall–Kier alpha value is -0.650. The van der Waals surface area contributed by atoms with E-state index in [2.05, 4.69) is 11.8 Å². The highest BCUT2D eigenvalue weighted by Crippen LogP contribution is 2.08. The van der Waals surface area contributed by atoms with E-state index in [1.54, 1.807) is 14.2 Å². The topological polar surface area (TPSA) is 71.6 Å². The molecule has 5 nitrogen and oxygen atoms in total. The molecule has 0 saturated carbocycles. The first-order chi connectivity index (χ1) is 7.65. The van der Waals surface area contributed by atoms with Gasteiger partial charge in [-0.15, -0.1) is 0 Å². The zero-order valence-corrected chi connectivity index (χ0v) is 10.7.